The van der Waals surface area contributed by atoms with Gasteiger partial charge in [0.15, 0.2) is 0 Å². The Balaban J connectivity index is 0. The largest absolute Gasteiger partial charge is 0.345 e. The van der Waals surface area contributed by atoms with E-state index >= 15 is 0 Å². The van der Waals surface area contributed by atoms with Gasteiger partial charge in [-0.3, -0.25) is 0 Å². The van der Waals surface area contributed by atoms with Gasteiger partial charge in [0.1, 0.15) is 0 Å². The van der Waals surface area contributed by atoms with E-state index in [1.54, 1.807) is 0 Å². The fraction of sp³-hybridized carbons (Fsp3) is 0.750. The van der Waals surface area contributed by atoms with Crippen molar-refractivity contribution in [1.82, 2.24) is 16.0 Å². The quantitative estimate of drug-likeness (QED) is 0.396. The van der Waals surface area contributed by atoms with Crippen LogP contribution in [0.3, 0.4) is 0 Å². The Bertz CT molecular complexity index is 63.3. The molecular weight excluding hydrogens is 227 g/mol. The van der Waals surface area contributed by atoms with Gasteiger partial charge in [0.05, 0.1) is 0 Å². The molecule has 0 amide bonds. The molecular formula is C8H19N3Y-2. The first-order valence-electron chi connectivity index (χ1n) is 4.12. The van der Waals surface area contributed by atoms with Crippen molar-refractivity contribution in [2.45, 2.75) is 0 Å². The van der Waals surface area contributed by atoms with Gasteiger partial charge in [-0.25, -0.2) is 0 Å². The summed E-state index contributed by atoms with van der Waals surface area (Å²) < 4.78 is 0. The molecule has 0 spiro atoms. The molecule has 0 aromatic rings. The molecule has 0 bridgehead atoms. The predicted octanol–water partition coefficient (Wildman–Crippen LogP) is -0.579. The SMILES string of the molecule is [CH2-]CNCCNCCNC[CH2-].[Y]. The number of hydrogen-bond donors (Lipinski definition) is 3. The molecule has 0 atom stereocenters. The third-order valence-electron chi connectivity index (χ3n) is 1.31. The average molecular weight is 246 g/mol. The standard InChI is InChI=1S/C8H19N3.Y/c1-3-9-5-7-11-8-6-10-4-2;/h9-11H,1-8H2;/q-2;. The number of nitrogens with one attached hydrogen (secondary N) is 3. The van der Waals surface area contributed by atoms with Crippen molar-refractivity contribution < 1.29 is 32.7 Å². The van der Waals surface area contributed by atoms with E-state index in [2.05, 4.69) is 29.8 Å². The summed E-state index contributed by atoms with van der Waals surface area (Å²) in [5.74, 6) is 0. The van der Waals surface area contributed by atoms with Crippen LogP contribution in [0.4, 0.5) is 0 Å². The normalized spacial score (nSPS) is 9.50. The summed E-state index contributed by atoms with van der Waals surface area (Å²) >= 11 is 0. The maximum atomic E-state index is 3.67. The monoisotopic (exact) mass is 246 g/mol. The molecule has 71 valence electrons. The second kappa shape index (κ2) is 14.5. The summed E-state index contributed by atoms with van der Waals surface area (Å²) in [6.07, 6.45) is 0. The van der Waals surface area contributed by atoms with E-state index in [4.69, 9.17) is 0 Å². The molecule has 0 aromatic carbocycles. The molecule has 0 aliphatic carbocycles. The zero-order valence-electron chi connectivity index (χ0n) is 7.73. The minimum atomic E-state index is 0. The zero-order chi connectivity index (χ0) is 8.36. The third-order valence-corrected chi connectivity index (χ3v) is 1.31. The second-order valence-electron chi connectivity index (χ2n) is 2.25. The summed E-state index contributed by atoms with van der Waals surface area (Å²) in [6, 6.07) is 0. The summed E-state index contributed by atoms with van der Waals surface area (Å²) in [7, 11) is 0. The molecule has 0 aliphatic rings. The van der Waals surface area contributed by atoms with Crippen molar-refractivity contribution in [2.75, 3.05) is 39.3 Å². The molecule has 0 unspecified atom stereocenters. The van der Waals surface area contributed by atoms with Crippen LogP contribution < -0.4 is 16.0 Å². The molecule has 4 heteroatoms. The Morgan fingerprint density at radius 2 is 1.00 bits per heavy atom. The van der Waals surface area contributed by atoms with Gasteiger partial charge in [0, 0.05) is 58.9 Å². The van der Waals surface area contributed by atoms with Crippen LogP contribution in [0.2, 0.25) is 0 Å². The maximum absolute atomic E-state index is 3.67. The Morgan fingerprint density at radius 1 is 0.667 bits per heavy atom. The van der Waals surface area contributed by atoms with E-state index in [0.717, 1.165) is 39.3 Å². The first-order chi connectivity index (χ1) is 5.41. The van der Waals surface area contributed by atoms with Gasteiger partial charge < -0.3 is 29.8 Å². The van der Waals surface area contributed by atoms with Crippen LogP contribution in [0.25, 0.3) is 0 Å². The molecule has 0 heterocycles. The molecule has 0 aliphatic heterocycles. The van der Waals surface area contributed by atoms with Crippen LogP contribution in [0.1, 0.15) is 0 Å². The Labute approximate surface area is 101 Å². The topological polar surface area (TPSA) is 36.1 Å². The zero-order valence-corrected chi connectivity index (χ0v) is 10.6. The maximum Gasteiger partial charge on any atom is 0.00762 e. The molecule has 0 rings (SSSR count). The molecule has 0 fully saturated rings. The minimum absolute atomic E-state index is 0. The first kappa shape index (κ1) is 15.5. The van der Waals surface area contributed by atoms with Crippen molar-refractivity contribution in [3.63, 3.8) is 0 Å². The third kappa shape index (κ3) is 13.6. The van der Waals surface area contributed by atoms with E-state index in [9.17, 15) is 0 Å². The van der Waals surface area contributed by atoms with Gasteiger partial charge in [-0.1, -0.05) is 0 Å². The van der Waals surface area contributed by atoms with Crippen LogP contribution in [-0.2, 0) is 32.7 Å². The van der Waals surface area contributed by atoms with Crippen LogP contribution in [-0.4, -0.2) is 39.3 Å². The average Bonchev–Trinajstić information content (AvgIpc) is 2.03. The summed E-state index contributed by atoms with van der Waals surface area (Å²) in [5.41, 5.74) is 0. The number of rotatable bonds is 8. The van der Waals surface area contributed by atoms with Crippen molar-refractivity contribution in [3.8, 4) is 0 Å². The minimum Gasteiger partial charge on any atom is -0.345 e. The molecule has 3 N–H and O–H groups in total. The van der Waals surface area contributed by atoms with Gasteiger partial charge in [-0.2, -0.15) is 0 Å². The smallest absolute Gasteiger partial charge is 0.00762 e. The van der Waals surface area contributed by atoms with Crippen molar-refractivity contribution in [1.29, 1.82) is 0 Å². The van der Waals surface area contributed by atoms with E-state index in [-0.39, 0.29) is 32.7 Å². The van der Waals surface area contributed by atoms with Crippen LogP contribution in [0.5, 0.6) is 0 Å². The predicted molar refractivity (Wildman–Crippen MR) is 49.3 cm³/mol. The number of hydrogen-bond acceptors (Lipinski definition) is 3. The fourth-order valence-electron chi connectivity index (χ4n) is 0.729. The summed E-state index contributed by atoms with van der Waals surface area (Å²) in [6.45, 7) is 13.0. The Kier molecular flexibility index (Phi) is 18.7. The van der Waals surface area contributed by atoms with Gasteiger partial charge >= 0.3 is 0 Å². The van der Waals surface area contributed by atoms with Crippen LogP contribution in [0.15, 0.2) is 0 Å². The molecule has 12 heavy (non-hydrogen) atoms. The van der Waals surface area contributed by atoms with Gasteiger partial charge in [0.2, 0.25) is 0 Å². The Morgan fingerprint density at radius 3 is 1.33 bits per heavy atom. The summed E-state index contributed by atoms with van der Waals surface area (Å²) in [4.78, 5) is 0. The fourth-order valence-corrected chi connectivity index (χ4v) is 0.729. The van der Waals surface area contributed by atoms with Crippen molar-refractivity contribution in [3.05, 3.63) is 13.8 Å². The molecule has 0 saturated heterocycles. The van der Waals surface area contributed by atoms with Crippen molar-refractivity contribution >= 4 is 0 Å². The van der Waals surface area contributed by atoms with Crippen LogP contribution in [0, 0.1) is 13.8 Å². The second-order valence-corrected chi connectivity index (χ2v) is 2.25. The van der Waals surface area contributed by atoms with Gasteiger partial charge in [-0.15, -0.1) is 13.1 Å². The summed E-state index contributed by atoms with van der Waals surface area (Å²) in [5, 5.41) is 9.54. The van der Waals surface area contributed by atoms with E-state index < -0.39 is 0 Å². The Hall–Kier alpha value is 0.984. The molecule has 0 saturated carbocycles. The molecule has 0 aromatic heterocycles. The van der Waals surface area contributed by atoms with E-state index in [1.165, 1.54) is 0 Å². The van der Waals surface area contributed by atoms with Crippen molar-refractivity contribution in [2.24, 2.45) is 0 Å². The first-order valence-corrected chi connectivity index (χ1v) is 4.12. The van der Waals surface area contributed by atoms with E-state index in [1.807, 2.05) is 0 Å². The van der Waals surface area contributed by atoms with Crippen LogP contribution >= 0.6 is 0 Å². The molecule has 1 radical (unpaired) electrons. The molecule has 3 nitrogen and oxygen atoms in total. The van der Waals surface area contributed by atoms with Gasteiger partial charge in [0.25, 0.3) is 0 Å². The van der Waals surface area contributed by atoms with E-state index in [0.29, 0.717) is 0 Å². The van der Waals surface area contributed by atoms with Gasteiger partial charge in [-0.05, 0) is 0 Å².